The molecule has 1 atom stereocenters. The predicted molar refractivity (Wildman–Crippen MR) is 93.0 cm³/mol. The molecule has 0 aliphatic heterocycles. The van der Waals surface area contributed by atoms with Gasteiger partial charge in [-0.25, -0.2) is 0 Å². The number of aryl methyl sites for hydroxylation is 1. The second kappa shape index (κ2) is 6.24. The standard InChI is InChI=1S/C18H17ClN2O3/c1-9-5-15-12(16(22)6-9)8-13(18(24)21-15)17(23)20-11-4-3-10(2)14(19)7-11/h3-4,7-9H,5-6H2,1-2H3,(H,20,23)(H,21,24). The smallest absolute Gasteiger partial charge is 0.261 e. The van der Waals surface area contributed by atoms with Crippen LogP contribution in [0.5, 0.6) is 0 Å². The second-order valence-corrected chi connectivity index (χ2v) is 6.67. The summed E-state index contributed by atoms with van der Waals surface area (Å²) in [6.07, 6.45) is 1.06. The predicted octanol–water partition coefficient (Wildman–Crippen LogP) is 3.35. The van der Waals surface area contributed by atoms with Gasteiger partial charge < -0.3 is 10.3 Å². The van der Waals surface area contributed by atoms with E-state index in [-0.39, 0.29) is 17.3 Å². The lowest BCUT2D eigenvalue weighted by atomic mass is 9.86. The van der Waals surface area contributed by atoms with E-state index in [2.05, 4.69) is 10.3 Å². The van der Waals surface area contributed by atoms with Crippen molar-refractivity contribution < 1.29 is 9.59 Å². The Bertz CT molecular complexity index is 902. The molecule has 1 aromatic carbocycles. The Morgan fingerprint density at radius 3 is 2.71 bits per heavy atom. The van der Waals surface area contributed by atoms with Crippen molar-refractivity contribution in [3.63, 3.8) is 0 Å². The molecule has 5 nitrogen and oxygen atoms in total. The Morgan fingerprint density at radius 2 is 2.00 bits per heavy atom. The van der Waals surface area contributed by atoms with Crippen LogP contribution < -0.4 is 10.9 Å². The molecule has 0 radical (unpaired) electrons. The second-order valence-electron chi connectivity index (χ2n) is 6.26. The molecule has 24 heavy (non-hydrogen) atoms. The van der Waals surface area contributed by atoms with Crippen molar-refractivity contribution in [1.82, 2.24) is 4.98 Å². The van der Waals surface area contributed by atoms with Gasteiger partial charge in [-0.2, -0.15) is 0 Å². The maximum Gasteiger partial charge on any atom is 0.261 e. The average molecular weight is 345 g/mol. The van der Waals surface area contributed by atoms with Gasteiger partial charge in [-0.1, -0.05) is 24.6 Å². The van der Waals surface area contributed by atoms with E-state index in [1.165, 1.54) is 6.07 Å². The molecule has 0 saturated carbocycles. The number of H-pyrrole nitrogens is 1. The summed E-state index contributed by atoms with van der Waals surface area (Å²) in [5.74, 6) is -0.423. The number of carbonyl (C=O) groups is 2. The normalized spacial score (nSPS) is 16.6. The summed E-state index contributed by atoms with van der Waals surface area (Å²) in [5.41, 5.74) is 1.85. The molecule has 0 fully saturated rings. The van der Waals surface area contributed by atoms with E-state index in [1.807, 2.05) is 13.8 Å². The van der Waals surface area contributed by atoms with Crippen LogP contribution in [0.2, 0.25) is 5.02 Å². The Hall–Kier alpha value is -2.40. The molecule has 3 rings (SSSR count). The fourth-order valence-corrected chi connectivity index (χ4v) is 3.04. The molecule has 0 spiro atoms. The molecule has 1 aromatic heterocycles. The highest BCUT2D eigenvalue weighted by Crippen LogP contribution is 2.24. The lowest BCUT2D eigenvalue weighted by Gasteiger charge is -2.20. The van der Waals surface area contributed by atoms with Crippen LogP contribution in [-0.4, -0.2) is 16.7 Å². The van der Waals surface area contributed by atoms with Crippen LogP contribution >= 0.6 is 11.6 Å². The molecule has 0 bridgehead atoms. The number of halogens is 1. The van der Waals surface area contributed by atoms with Crippen LogP contribution in [0.25, 0.3) is 0 Å². The Kier molecular flexibility index (Phi) is 4.28. The molecule has 2 N–H and O–H groups in total. The Labute approximate surface area is 144 Å². The molecule has 2 aromatic rings. The van der Waals surface area contributed by atoms with Crippen molar-refractivity contribution in [2.24, 2.45) is 5.92 Å². The van der Waals surface area contributed by atoms with Crippen LogP contribution in [0, 0.1) is 12.8 Å². The zero-order valence-corrected chi connectivity index (χ0v) is 14.2. The first-order valence-corrected chi connectivity index (χ1v) is 8.10. The SMILES string of the molecule is Cc1ccc(NC(=O)c2cc3c([nH]c2=O)CC(C)CC3=O)cc1Cl. The van der Waals surface area contributed by atoms with E-state index in [9.17, 15) is 14.4 Å². The zero-order valence-electron chi connectivity index (χ0n) is 13.4. The number of benzene rings is 1. The first kappa shape index (κ1) is 16.5. The number of nitrogens with one attached hydrogen (secondary N) is 2. The van der Waals surface area contributed by atoms with Crippen molar-refractivity contribution in [3.8, 4) is 0 Å². The molecule has 1 aliphatic carbocycles. The van der Waals surface area contributed by atoms with Gasteiger partial charge in [0, 0.05) is 28.4 Å². The van der Waals surface area contributed by atoms with Crippen molar-refractivity contribution >= 4 is 29.0 Å². The highest BCUT2D eigenvalue weighted by atomic mass is 35.5. The number of hydrogen-bond acceptors (Lipinski definition) is 3. The summed E-state index contributed by atoms with van der Waals surface area (Å²) in [4.78, 5) is 39.4. The Balaban J connectivity index is 1.93. The van der Waals surface area contributed by atoms with Gasteiger partial charge in [-0.05, 0) is 43.0 Å². The minimum Gasteiger partial charge on any atom is -0.325 e. The summed E-state index contributed by atoms with van der Waals surface area (Å²) >= 11 is 6.04. The number of anilines is 1. The molecule has 1 amide bonds. The topological polar surface area (TPSA) is 79.0 Å². The van der Waals surface area contributed by atoms with Crippen LogP contribution in [0.4, 0.5) is 5.69 Å². The fraction of sp³-hybridized carbons (Fsp3) is 0.278. The number of aromatic nitrogens is 1. The monoisotopic (exact) mass is 344 g/mol. The van der Waals surface area contributed by atoms with Gasteiger partial charge in [0.2, 0.25) is 0 Å². The van der Waals surface area contributed by atoms with Crippen molar-refractivity contribution in [2.75, 3.05) is 5.32 Å². The lowest BCUT2D eigenvalue weighted by Crippen LogP contribution is -2.29. The van der Waals surface area contributed by atoms with Crippen LogP contribution in [-0.2, 0) is 6.42 Å². The first-order valence-electron chi connectivity index (χ1n) is 7.72. The van der Waals surface area contributed by atoms with Gasteiger partial charge in [-0.3, -0.25) is 14.4 Å². The van der Waals surface area contributed by atoms with E-state index in [1.54, 1.807) is 18.2 Å². The molecular weight excluding hydrogens is 328 g/mol. The Morgan fingerprint density at radius 1 is 1.25 bits per heavy atom. The van der Waals surface area contributed by atoms with E-state index < -0.39 is 11.5 Å². The number of aromatic amines is 1. The molecular formula is C18H17ClN2O3. The molecule has 1 aliphatic rings. The van der Waals surface area contributed by atoms with Crippen LogP contribution in [0.1, 0.15) is 45.3 Å². The van der Waals surface area contributed by atoms with Gasteiger partial charge in [0.25, 0.3) is 11.5 Å². The van der Waals surface area contributed by atoms with Gasteiger partial charge in [0.15, 0.2) is 5.78 Å². The molecule has 1 heterocycles. The molecule has 124 valence electrons. The van der Waals surface area contributed by atoms with Crippen molar-refractivity contribution in [1.29, 1.82) is 0 Å². The molecule has 1 unspecified atom stereocenters. The summed E-state index contributed by atoms with van der Waals surface area (Å²) in [6, 6.07) is 6.50. The summed E-state index contributed by atoms with van der Waals surface area (Å²) in [5, 5.41) is 3.17. The largest absolute Gasteiger partial charge is 0.325 e. The highest BCUT2D eigenvalue weighted by Gasteiger charge is 2.25. The summed E-state index contributed by atoms with van der Waals surface area (Å²) < 4.78 is 0. The third kappa shape index (κ3) is 3.12. The minimum absolute atomic E-state index is 0.0487. The number of amides is 1. The van der Waals surface area contributed by atoms with Crippen LogP contribution in [0.15, 0.2) is 29.1 Å². The zero-order chi connectivity index (χ0) is 17.4. The third-order valence-corrected chi connectivity index (χ3v) is 4.59. The molecule has 0 saturated heterocycles. The maximum absolute atomic E-state index is 12.4. The van der Waals surface area contributed by atoms with E-state index in [0.29, 0.717) is 34.8 Å². The number of fused-ring (bicyclic) bond motifs is 1. The number of carbonyl (C=O) groups excluding carboxylic acids is 2. The lowest BCUT2D eigenvalue weighted by molar-refractivity contribution is 0.0952. The average Bonchev–Trinajstić information content (AvgIpc) is 2.50. The number of rotatable bonds is 2. The minimum atomic E-state index is -0.564. The maximum atomic E-state index is 12.4. The van der Waals surface area contributed by atoms with Gasteiger partial charge >= 0.3 is 0 Å². The van der Waals surface area contributed by atoms with E-state index in [0.717, 1.165) is 5.56 Å². The summed E-state index contributed by atoms with van der Waals surface area (Å²) in [7, 11) is 0. The third-order valence-electron chi connectivity index (χ3n) is 4.18. The van der Waals surface area contributed by atoms with E-state index >= 15 is 0 Å². The highest BCUT2D eigenvalue weighted by molar-refractivity contribution is 6.31. The van der Waals surface area contributed by atoms with Crippen LogP contribution in [0.3, 0.4) is 0 Å². The first-order chi connectivity index (χ1) is 11.3. The van der Waals surface area contributed by atoms with Crippen molar-refractivity contribution in [3.05, 3.63) is 62.0 Å². The number of hydrogen-bond donors (Lipinski definition) is 2. The van der Waals surface area contributed by atoms with Gasteiger partial charge in [0.1, 0.15) is 5.56 Å². The number of pyridine rings is 1. The number of Topliss-reactive ketones (excluding diaryl/α,β-unsaturated/α-hetero) is 1. The quantitative estimate of drug-likeness (QED) is 0.876. The number of ketones is 1. The van der Waals surface area contributed by atoms with Crippen molar-refractivity contribution in [2.45, 2.75) is 26.7 Å². The van der Waals surface area contributed by atoms with Gasteiger partial charge in [-0.15, -0.1) is 0 Å². The van der Waals surface area contributed by atoms with E-state index in [4.69, 9.17) is 11.6 Å². The molecule has 6 heteroatoms. The van der Waals surface area contributed by atoms with Gasteiger partial charge in [0.05, 0.1) is 0 Å². The fourth-order valence-electron chi connectivity index (χ4n) is 2.86. The summed E-state index contributed by atoms with van der Waals surface area (Å²) in [6.45, 7) is 3.82.